The summed E-state index contributed by atoms with van der Waals surface area (Å²) in [5.41, 5.74) is 7.11. The average molecular weight is 363 g/mol. The molecule has 0 radical (unpaired) electrons. The molecule has 0 spiro atoms. The van der Waals surface area contributed by atoms with E-state index in [4.69, 9.17) is 0 Å². The van der Waals surface area contributed by atoms with Crippen molar-refractivity contribution in [1.82, 2.24) is 5.43 Å². The van der Waals surface area contributed by atoms with Crippen molar-refractivity contribution in [3.05, 3.63) is 71.3 Å². The molecule has 0 aliphatic carbocycles. The quantitative estimate of drug-likeness (QED) is 0.571. The van der Waals surface area contributed by atoms with E-state index in [1.54, 1.807) is 6.92 Å². The van der Waals surface area contributed by atoms with E-state index < -0.39 is 0 Å². The molecule has 2 aromatic rings. The summed E-state index contributed by atoms with van der Waals surface area (Å²) in [6.07, 6.45) is 3.92. The lowest BCUT2D eigenvalue weighted by atomic mass is 10.1. The van der Waals surface area contributed by atoms with Gasteiger partial charge in [-0.2, -0.15) is 5.10 Å². The highest BCUT2D eigenvalue weighted by Gasteiger charge is 2.08. The first kappa shape index (κ1) is 20.1. The highest BCUT2D eigenvalue weighted by atomic mass is 16.2. The van der Waals surface area contributed by atoms with Gasteiger partial charge in [-0.05, 0) is 44.0 Å². The Kier molecular flexibility index (Phi) is 7.49. The number of carbonyl (C=O) groups is 2. The van der Waals surface area contributed by atoms with Crippen LogP contribution in [0.25, 0.3) is 6.08 Å². The fourth-order valence-electron chi connectivity index (χ4n) is 2.42. The van der Waals surface area contributed by atoms with Crippen LogP contribution >= 0.6 is 0 Å². The van der Waals surface area contributed by atoms with Crippen molar-refractivity contribution in [1.29, 1.82) is 0 Å². The van der Waals surface area contributed by atoms with Gasteiger partial charge in [-0.1, -0.05) is 54.1 Å². The van der Waals surface area contributed by atoms with Gasteiger partial charge in [0.1, 0.15) is 0 Å². The van der Waals surface area contributed by atoms with E-state index in [9.17, 15) is 9.59 Å². The third-order valence-corrected chi connectivity index (χ3v) is 3.91. The zero-order valence-corrected chi connectivity index (χ0v) is 16.0. The van der Waals surface area contributed by atoms with Crippen LogP contribution < -0.4 is 10.7 Å². The number of rotatable bonds is 7. The van der Waals surface area contributed by atoms with Gasteiger partial charge >= 0.3 is 0 Å². The highest BCUT2D eigenvalue weighted by molar-refractivity contribution is 5.97. The number of benzene rings is 2. The van der Waals surface area contributed by atoms with Gasteiger partial charge < -0.3 is 5.32 Å². The molecule has 0 fully saturated rings. The molecule has 0 bridgehead atoms. The molecular weight excluding hydrogens is 338 g/mol. The van der Waals surface area contributed by atoms with Gasteiger partial charge in [0.25, 0.3) is 0 Å². The molecule has 5 nitrogen and oxygen atoms in total. The van der Waals surface area contributed by atoms with Crippen molar-refractivity contribution in [3.63, 3.8) is 0 Å². The van der Waals surface area contributed by atoms with Gasteiger partial charge in [0.2, 0.25) is 11.8 Å². The molecule has 0 saturated carbocycles. The first-order chi connectivity index (χ1) is 12.9. The molecule has 27 heavy (non-hydrogen) atoms. The second kappa shape index (κ2) is 10.1. The van der Waals surface area contributed by atoms with Gasteiger partial charge in [-0.3, -0.25) is 9.59 Å². The Bertz CT molecular complexity index is 855. The molecule has 0 atom stereocenters. The van der Waals surface area contributed by atoms with Gasteiger partial charge in [0.15, 0.2) is 0 Å². The third-order valence-electron chi connectivity index (χ3n) is 3.91. The molecule has 2 aromatic carbocycles. The average Bonchev–Trinajstić information content (AvgIpc) is 2.66. The fourth-order valence-corrected chi connectivity index (χ4v) is 2.42. The topological polar surface area (TPSA) is 70.6 Å². The van der Waals surface area contributed by atoms with Gasteiger partial charge in [0.05, 0.1) is 5.71 Å². The molecule has 0 aliphatic heterocycles. The van der Waals surface area contributed by atoms with Crippen molar-refractivity contribution >= 4 is 29.3 Å². The summed E-state index contributed by atoms with van der Waals surface area (Å²) in [6.45, 7) is 5.74. The first-order valence-electron chi connectivity index (χ1n) is 8.87. The van der Waals surface area contributed by atoms with Crippen LogP contribution in [0.1, 0.15) is 36.5 Å². The number of hydrazone groups is 1. The zero-order chi connectivity index (χ0) is 19.6. The number of carbonyl (C=O) groups excluding carboxylic acids is 2. The van der Waals surface area contributed by atoms with Crippen molar-refractivity contribution in [2.45, 2.75) is 33.6 Å². The molecule has 5 heteroatoms. The predicted octanol–water partition coefficient (Wildman–Crippen LogP) is 4.23. The lowest BCUT2D eigenvalue weighted by Gasteiger charge is -2.08. The zero-order valence-electron chi connectivity index (χ0n) is 16.0. The van der Waals surface area contributed by atoms with Crippen molar-refractivity contribution in [2.24, 2.45) is 5.10 Å². The van der Waals surface area contributed by atoms with Crippen LogP contribution in [0.15, 0.2) is 59.7 Å². The van der Waals surface area contributed by atoms with E-state index in [1.165, 1.54) is 0 Å². The Balaban J connectivity index is 1.76. The molecule has 0 unspecified atom stereocenters. The van der Waals surface area contributed by atoms with E-state index in [-0.39, 0.29) is 24.7 Å². The maximum absolute atomic E-state index is 12.0. The molecule has 2 amide bonds. The molecule has 0 saturated heterocycles. The Hall–Kier alpha value is -3.21. The Morgan fingerprint density at radius 2 is 1.70 bits per heavy atom. The number of amides is 2. The van der Waals surface area contributed by atoms with E-state index in [0.717, 1.165) is 22.4 Å². The van der Waals surface area contributed by atoms with Gasteiger partial charge in [-0.15, -0.1) is 0 Å². The van der Waals surface area contributed by atoms with Crippen LogP contribution in [0.3, 0.4) is 0 Å². The molecule has 2 N–H and O–H groups in total. The fraction of sp³-hybridized carbons (Fsp3) is 0.227. The van der Waals surface area contributed by atoms with Crippen molar-refractivity contribution in [2.75, 3.05) is 5.32 Å². The van der Waals surface area contributed by atoms with Gasteiger partial charge in [-0.25, -0.2) is 5.43 Å². The van der Waals surface area contributed by atoms with Crippen LogP contribution in [0.4, 0.5) is 5.69 Å². The largest absolute Gasteiger partial charge is 0.326 e. The van der Waals surface area contributed by atoms with Crippen LogP contribution in [0.5, 0.6) is 0 Å². The number of hydrogen-bond acceptors (Lipinski definition) is 3. The summed E-state index contributed by atoms with van der Waals surface area (Å²) in [5, 5.41) is 6.85. The lowest BCUT2D eigenvalue weighted by molar-refractivity contribution is -0.124. The van der Waals surface area contributed by atoms with Crippen LogP contribution in [-0.4, -0.2) is 17.5 Å². The van der Waals surface area contributed by atoms with Crippen molar-refractivity contribution in [3.8, 4) is 0 Å². The summed E-state index contributed by atoms with van der Waals surface area (Å²) in [5.74, 6) is -0.486. The molecule has 0 aliphatic rings. The maximum Gasteiger partial charge on any atom is 0.240 e. The van der Waals surface area contributed by atoms with Gasteiger partial charge in [0, 0.05) is 18.5 Å². The second-order valence-corrected chi connectivity index (χ2v) is 6.40. The highest BCUT2D eigenvalue weighted by Crippen LogP contribution is 2.16. The summed E-state index contributed by atoms with van der Waals surface area (Å²) in [7, 11) is 0. The van der Waals surface area contributed by atoms with E-state index in [1.807, 2.05) is 74.5 Å². The molecule has 140 valence electrons. The number of aryl methyl sites for hydroxylation is 2. The maximum atomic E-state index is 12.0. The first-order valence-corrected chi connectivity index (χ1v) is 8.87. The van der Waals surface area contributed by atoms with Crippen molar-refractivity contribution < 1.29 is 9.59 Å². The summed E-state index contributed by atoms with van der Waals surface area (Å²) < 4.78 is 0. The summed E-state index contributed by atoms with van der Waals surface area (Å²) in [4.78, 5) is 23.9. The number of anilines is 1. The number of hydrogen-bond donors (Lipinski definition) is 2. The minimum Gasteiger partial charge on any atom is -0.326 e. The van der Waals surface area contributed by atoms with E-state index >= 15 is 0 Å². The number of nitrogens with zero attached hydrogens (tertiary/aromatic N) is 1. The minimum absolute atomic E-state index is 0.0793. The predicted molar refractivity (Wildman–Crippen MR) is 111 cm³/mol. The summed E-state index contributed by atoms with van der Waals surface area (Å²) in [6, 6.07) is 15.6. The van der Waals surface area contributed by atoms with Crippen LogP contribution in [-0.2, 0) is 9.59 Å². The van der Waals surface area contributed by atoms with Crippen LogP contribution in [0.2, 0.25) is 0 Å². The molecule has 0 aromatic heterocycles. The smallest absolute Gasteiger partial charge is 0.240 e. The van der Waals surface area contributed by atoms with Crippen LogP contribution in [0, 0.1) is 13.8 Å². The second-order valence-electron chi connectivity index (χ2n) is 6.40. The van der Waals surface area contributed by atoms with E-state index in [0.29, 0.717) is 5.71 Å². The normalized spacial score (nSPS) is 11.4. The Morgan fingerprint density at radius 3 is 2.41 bits per heavy atom. The molecule has 2 rings (SSSR count). The Labute approximate surface area is 160 Å². The van der Waals surface area contributed by atoms with E-state index in [2.05, 4.69) is 15.8 Å². The minimum atomic E-state index is -0.293. The molecular formula is C22H25N3O2. The number of nitrogens with one attached hydrogen (secondary N) is 2. The summed E-state index contributed by atoms with van der Waals surface area (Å²) >= 11 is 0. The lowest BCUT2D eigenvalue weighted by Crippen LogP contribution is -2.21. The SMILES string of the molecule is CC(/C=C\c1ccccc1)=NNC(=O)CCC(=O)Nc1ccc(C)cc1C. The standard InChI is InChI=1S/C22H25N3O2/c1-16-9-12-20(17(2)15-16)23-21(26)13-14-22(27)25-24-18(3)10-11-19-7-5-4-6-8-19/h4-12,15H,13-14H2,1-3H3,(H,23,26)(H,25,27)/b11-10-,24-18?. The molecule has 0 heterocycles. The number of allylic oxidation sites excluding steroid dienone is 1. The third kappa shape index (κ3) is 7.28. The Morgan fingerprint density at radius 1 is 1.00 bits per heavy atom. The monoisotopic (exact) mass is 363 g/mol.